The number of nitrogens with one attached hydrogen (secondary N) is 1. The van der Waals surface area contributed by atoms with E-state index in [1.165, 1.54) is 5.69 Å². The molecule has 0 amide bonds. The predicted molar refractivity (Wildman–Crippen MR) is 80.2 cm³/mol. The van der Waals surface area contributed by atoms with Gasteiger partial charge in [0.1, 0.15) is 0 Å². The van der Waals surface area contributed by atoms with E-state index in [1.54, 1.807) is 0 Å². The number of ether oxygens (including phenoxy) is 1. The molecule has 0 aliphatic carbocycles. The first kappa shape index (κ1) is 15.0. The van der Waals surface area contributed by atoms with E-state index in [2.05, 4.69) is 51.8 Å². The average molecular weight is 330 g/mol. The minimum Gasteiger partial charge on any atom is -0.376 e. The first-order valence-corrected chi connectivity index (χ1v) is 8.04. The average Bonchev–Trinajstić information content (AvgIpc) is 2.98. The second kappa shape index (κ2) is 6.86. The van der Waals surface area contributed by atoms with E-state index in [-0.39, 0.29) is 12.1 Å². The molecule has 0 radical (unpaired) electrons. The van der Waals surface area contributed by atoms with Crippen LogP contribution >= 0.6 is 15.9 Å². The van der Waals surface area contributed by atoms with Gasteiger partial charge < -0.3 is 10.1 Å². The number of hydrogen-bond donors (Lipinski definition) is 1. The monoisotopic (exact) mass is 329 g/mol. The number of rotatable bonds is 6. The summed E-state index contributed by atoms with van der Waals surface area (Å²) < 4.78 is 9.11. The van der Waals surface area contributed by atoms with Gasteiger partial charge in [0, 0.05) is 13.2 Å². The zero-order valence-corrected chi connectivity index (χ0v) is 13.6. The van der Waals surface area contributed by atoms with E-state index in [0.717, 1.165) is 37.0 Å². The molecule has 5 heteroatoms. The van der Waals surface area contributed by atoms with Crippen molar-refractivity contribution in [3.05, 3.63) is 16.4 Å². The van der Waals surface area contributed by atoms with Gasteiger partial charge in [-0.05, 0) is 48.2 Å². The van der Waals surface area contributed by atoms with Crippen molar-refractivity contribution in [3.63, 3.8) is 0 Å². The number of aryl methyl sites for hydroxylation is 1. The van der Waals surface area contributed by atoms with Crippen LogP contribution in [0.1, 0.15) is 45.3 Å². The molecule has 0 spiro atoms. The van der Waals surface area contributed by atoms with Gasteiger partial charge in [0.25, 0.3) is 0 Å². The predicted octanol–water partition coefficient (Wildman–Crippen LogP) is 3.13. The first-order valence-electron chi connectivity index (χ1n) is 7.25. The Bertz CT molecular complexity index is 407. The Hall–Kier alpha value is -0.390. The van der Waals surface area contributed by atoms with E-state index in [0.29, 0.717) is 5.92 Å². The Labute approximate surface area is 124 Å². The Balaban J connectivity index is 2.28. The van der Waals surface area contributed by atoms with E-state index in [4.69, 9.17) is 4.74 Å². The van der Waals surface area contributed by atoms with Crippen LogP contribution in [0.25, 0.3) is 0 Å². The van der Waals surface area contributed by atoms with Gasteiger partial charge in [0.15, 0.2) is 0 Å². The summed E-state index contributed by atoms with van der Waals surface area (Å²) in [5.41, 5.74) is 1.22. The molecular weight excluding hydrogens is 306 g/mol. The zero-order chi connectivity index (χ0) is 13.8. The second-order valence-electron chi connectivity index (χ2n) is 5.23. The third-order valence-corrected chi connectivity index (χ3v) is 4.43. The largest absolute Gasteiger partial charge is 0.376 e. The molecule has 3 atom stereocenters. The van der Waals surface area contributed by atoms with Crippen molar-refractivity contribution >= 4 is 15.9 Å². The second-order valence-corrected chi connectivity index (χ2v) is 6.08. The van der Waals surface area contributed by atoms with Gasteiger partial charge in [-0.15, -0.1) is 0 Å². The molecule has 19 heavy (non-hydrogen) atoms. The lowest BCUT2D eigenvalue weighted by Gasteiger charge is -2.28. The first-order chi connectivity index (χ1) is 9.19. The summed E-state index contributed by atoms with van der Waals surface area (Å²) in [4.78, 5) is 0. The molecule has 1 aliphatic rings. The maximum absolute atomic E-state index is 5.98. The van der Waals surface area contributed by atoms with Crippen molar-refractivity contribution < 1.29 is 4.74 Å². The highest BCUT2D eigenvalue weighted by Crippen LogP contribution is 2.34. The third kappa shape index (κ3) is 3.20. The zero-order valence-electron chi connectivity index (χ0n) is 12.0. The summed E-state index contributed by atoms with van der Waals surface area (Å²) in [5.74, 6) is 0.585. The van der Waals surface area contributed by atoms with Crippen LogP contribution in [0.2, 0.25) is 0 Å². The fourth-order valence-corrected chi connectivity index (χ4v) is 3.29. The van der Waals surface area contributed by atoms with Crippen LogP contribution in [0, 0.1) is 5.92 Å². The van der Waals surface area contributed by atoms with Gasteiger partial charge in [0.2, 0.25) is 0 Å². The van der Waals surface area contributed by atoms with Crippen LogP contribution in [-0.4, -0.2) is 29.0 Å². The van der Waals surface area contributed by atoms with Crippen LogP contribution < -0.4 is 5.32 Å². The van der Waals surface area contributed by atoms with Gasteiger partial charge in [-0.1, -0.05) is 13.8 Å². The molecule has 0 bridgehead atoms. The Morgan fingerprint density at radius 2 is 2.37 bits per heavy atom. The Morgan fingerprint density at radius 3 is 2.95 bits per heavy atom. The lowest BCUT2D eigenvalue weighted by molar-refractivity contribution is 0.0577. The minimum absolute atomic E-state index is 0.217. The van der Waals surface area contributed by atoms with Gasteiger partial charge in [-0.25, -0.2) is 0 Å². The van der Waals surface area contributed by atoms with Crippen molar-refractivity contribution in [2.24, 2.45) is 5.92 Å². The number of hydrogen-bond acceptors (Lipinski definition) is 3. The highest BCUT2D eigenvalue weighted by atomic mass is 79.9. The molecule has 0 saturated carbocycles. The lowest BCUT2D eigenvalue weighted by atomic mass is 9.95. The molecule has 3 unspecified atom stereocenters. The summed E-state index contributed by atoms with van der Waals surface area (Å²) in [6.07, 6.45) is 4.39. The molecule has 0 aromatic carbocycles. The maximum atomic E-state index is 5.98. The van der Waals surface area contributed by atoms with Gasteiger partial charge in [-0.2, -0.15) is 5.10 Å². The van der Waals surface area contributed by atoms with E-state index in [9.17, 15) is 0 Å². The summed E-state index contributed by atoms with van der Waals surface area (Å²) >= 11 is 3.64. The molecule has 1 saturated heterocycles. The van der Waals surface area contributed by atoms with Crippen molar-refractivity contribution in [2.75, 3.05) is 13.2 Å². The van der Waals surface area contributed by atoms with Crippen molar-refractivity contribution in [1.82, 2.24) is 15.1 Å². The SMILES string of the molecule is CCCNC(c1c(Br)cnn1CC)C1OCCC1C. The number of aromatic nitrogens is 2. The smallest absolute Gasteiger partial charge is 0.0811 e. The molecule has 108 valence electrons. The molecule has 1 fully saturated rings. The molecular formula is C14H24BrN3O. The summed E-state index contributed by atoms with van der Waals surface area (Å²) in [6.45, 7) is 9.34. The van der Waals surface area contributed by atoms with Gasteiger partial charge in [0.05, 0.1) is 28.5 Å². The summed E-state index contributed by atoms with van der Waals surface area (Å²) in [5, 5.41) is 8.08. The number of nitrogens with zero attached hydrogens (tertiary/aromatic N) is 2. The van der Waals surface area contributed by atoms with Gasteiger partial charge in [-0.3, -0.25) is 4.68 Å². The van der Waals surface area contributed by atoms with Crippen LogP contribution in [0.5, 0.6) is 0 Å². The van der Waals surface area contributed by atoms with Crippen molar-refractivity contribution in [1.29, 1.82) is 0 Å². The van der Waals surface area contributed by atoms with Crippen LogP contribution in [-0.2, 0) is 11.3 Å². The normalized spacial score (nSPS) is 24.8. The highest BCUT2D eigenvalue weighted by molar-refractivity contribution is 9.10. The molecule has 4 nitrogen and oxygen atoms in total. The maximum Gasteiger partial charge on any atom is 0.0811 e. The van der Waals surface area contributed by atoms with Crippen LogP contribution in [0.4, 0.5) is 0 Å². The molecule has 1 N–H and O–H groups in total. The lowest BCUT2D eigenvalue weighted by Crippen LogP contribution is -2.37. The summed E-state index contributed by atoms with van der Waals surface area (Å²) in [7, 11) is 0. The van der Waals surface area contributed by atoms with E-state index in [1.807, 2.05) is 6.20 Å². The summed E-state index contributed by atoms with van der Waals surface area (Å²) in [6, 6.07) is 0.217. The Morgan fingerprint density at radius 1 is 1.58 bits per heavy atom. The van der Waals surface area contributed by atoms with Gasteiger partial charge >= 0.3 is 0 Å². The fraction of sp³-hybridized carbons (Fsp3) is 0.786. The van der Waals surface area contributed by atoms with Crippen LogP contribution in [0.3, 0.4) is 0 Å². The molecule has 2 heterocycles. The standard InChI is InChI=1S/C14H24BrN3O/c1-4-7-16-12(14-10(3)6-8-19-14)13-11(15)9-17-18(13)5-2/h9-10,12,14,16H,4-8H2,1-3H3. The molecule has 1 aliphatic heterocycles. The molecule has 1 aromatic heterocycles. The van der Waals surface area contributed by atoms with E-state index < -0.39 is 0 Å². The van der Waals surface area contributed by atoms with E-state index >= 15 is 0 Å². The van der Waals surface area contributed by atoms with Crippen LogP contribution in [0.15, 0.2) is 10.7 Å². The van der Waals surface area contributed by atoms with Crippen molar-refractivity contribution in [3.8, 4) is 0 Å². The quantitative estimate of drug-likeness (QED) is 0.871. The van der Waals surface area contributed by atoms with Crippen molar-refractivity contribution in [2.45, 2.75) is 52.3 Å². The highest BCUT2D eigenvalue weighted by Gasteiger charge is 2.35. The third-order valence-electron chi connectivity index (χ3n) is 3.81. The molecule has 1 aromatic rings. The fourth-order valence-electron chi connectivity index (χ4n) is 2.74. The Kier molecular flexibility index (Phi) is 5.42. The molecule has 2 rings (SSSR count). The topological polar surface area (TPSA) is 39.1 Å². The minimum atomic E-state index is 0.217. The number of halogens is 1.